The third kappa shape index (κ3) is 3.72. The highest BCUT2D eigenvalue weighted by atomic mass is 16.5. The van der Waals surface area contributed by atoms with Gasteiger partial charge in [-0.25, -0.2) is 0 Å². The van der Waals surface area contributed by atoms with Crippen LogP contribution in [-0.4, -0.2) is 0 Å². The van der Waals surface area contributed by atoms with Crippen molar-refractivity contribution in [3.63, 3.8) is 0 Å². The van der Waals surface area contributed by atoms with Crippen molar-refractivity contribution in [3.8, 4) is 39.1 Å². The highest BCUT2D eigenvalue weighted by molar-refractivity contribution is 5.98. The van der Waals surface area contributed by atoms with E-state index in [1.165, 1.54) is 72.0 Å². The molecule has 1 aliphatic heterocycles. The average Bonchev–Trinajstić information content (AvgIpc) is 3.56. The number of hydrogen-bond acceptors (Lipinski definition) is 1. The first-order chi connectivity index (χ1) is 21.6. The fraction of sp³-hybridized carbons (Fsp3) is 0.116. The molecule has 0 saturated carbocycles. The van der Waals surface area contributed by atoms with Crippen LogP contribution in [0.2, 0.25) is 0 Å². The molecule has 0 fully saturated rings. The summed E-state index contributed by atoms with van der Waals surface area (Å²) in [7, 11) is 0. The van der Waals surface area contributed by atoms with Crippen molar-refractivity contribution in [3.05, 3.63) is 168 Å². The van der Waals surface area contributed by atoms with Gasteiger partial charge in [-0.05, 0) is 85.5 Å². The molecular weight excluding hydrogens is 532 g/mol. The predicted molar refractivity (Wildman–Crippen MR) is 183 cm³/mol. The first-order valence-electron chi connectivity index (χ1n) is 15.6. The van der Waals surface area contributed by atoms with Crippen molar-refractivity contribution in [2.24, 2.45) is 0 Å². The Balaban J connectivity index is 1.07. The first-order valence-corrected chi connectivity index (χ1v) is 15.6. The lowest BCUT2D eigenvalue weighted by molar-refractivity contribution is 0.429. The third-order valence-corrected chi connectivity index (χ3v) is 10.1. The topological polar surface area (TPSA) is 9.23 Å². The molecule has 0 radical (unpaired) electrons. The number of fused-ring (bicyclic) bond motifs is 7. The maximum atomic E-state index is 6.38. The van der Waals surface area contributed by atoms with Crippen molar-refractivity contribution >= 4 is 16.3 Å². The van der Waals surface area contributed by atoms with Crippen LogP contribution in [0.5, 0.6) is 5.75 Å². The fourth-order valence-electron chi connectivity index (χ4n) is 7.73. The Bertz CT molecular complexity index is 2190. The lowest BCUT2D eigenvalue weighted by atomic mass is 9.81. The summed E-state index contributed by atoms with van der Waals surface area (Å²) in [6, 6.07) is 46.8. The van der Waals surface area contributed by atoms with Crippen LogP contribution in [0.25, 0.3) is 49.7 Å². The molecule has 1 nitrogen and oxygen atoms in total. The van der Waals surface area contributed by atoms with Crippen LogP contribution in [0.3, 0.4) is 0 Å². The predicted octanol–water partition coefficient (Wildman–Crippen LogP) is 11.3. The molecule has 0 saturated heterocycles. The van der Waals surface area contributed by atoms with E-state index in [4.69, 9.17) is 4.74 Å². The normalized spacial score (nSPS) is 17.2. The Morgan fingerprint density at radius 2 is 1.34 bits per heavy atom. The summed E-state index contributed by atoms with van der Waals surface area (Å²) in [6.45, 7) is 4.73. The molecule has 0 bridgehead atoms. The van der Waals surface area contributed by atoms with Gasteiger partial charge in [0.2, 0.25) is 0 Å². The maximum Gasteiger partial charge on any atom is 0.130 e. The van der Waals surface area contributed by atoms with Crippen LogP contribution < -0.4 is 4.74 Å². The molecule has 0 aromatic heterocycles. The van der Waals surface area contributed by atoms with Crippen molar-refractivity contribution < 1.29 is 4.74 Å². The smallest absolute Gasteiger partial charge is 0.130 e. The summed E-state index contributed by atoms with van der Waals surface area (Å²) >= 11 is 0. The summed E-state index contributed by atoms with van der Waals surface area (Å²) in [5, 5.41) is 2.57. The van der Waals surface area contributed by atoms with Crippen molar-refractivity contribution in [1.82, 2.24) is 0 Å². The maximum absolute atomic E-state index is 6.38. The molecule has 6 aromatic rings. The number of benzene rings is 6. The van der Waals surface area contributed by atoms with Crippen LogP contribution in [0, 0.1) is 0 Å². The van der Waals surface area contributed by atoms with Gasteiger partial charge in [-0.1, -0.05) is 135 Å². The van der Waals surface area contributed by atoms with Crippen molar-refractivity contribution in [1.29, 1.82) is 0 Å². The lowest BCUT2D eigenvalue weighted by Gasteiger charge is -2.22. The summed E-state index contributed by atoms with van der Waals surface area (Å²) in [4.78, 5) is 0. The van der Waals surface area contributed by atoms with E-state index < -0.39 is 0 Å². The second-order valence-corrected chi connectivity index (χ2v) is 12.9. The quantitative estimate of drug-likeness (QED) is 0.208. The fourth-order valence-corrected chi connectivity index (χ4v) is 7.73. The zero-order valence-corrected chi connectivity index (χ0v) is 25.0. The molecule has 0 N–H and O–H groups in total. The molecule has 1 heteroatoms. The van der Waals surface area contributed by atoms with Gasteiger partial charge in [0.1, 0.15) is 11.5 Å². The SMILES string of the molecule is CC1(C)c2ccc(-c3cccc4ccccc34)cc2-c2ccc(-c3ccc(C4=C5Oc6ccccc6C5CC=C4)cc3)cc21. The van der Waals surface area contributed by atoms with Crippen molar-refractivity contribution in [2.75, 3.05) is 0 Å². The summed E-state index contributed by atoms with van der Waals surface area (Å²) < 4.78 is 6.38. The van der Waals surface area contributed by atoms with E-state index >= 15 is 0 Å². The average molecular weight is 565 g/mol. The minimum atomic E-state index is -0.0683. The Morgan fingerprint density at radius 1 is 0.591 bits per heavy atom. The van der Waals surface area contributed by atoms with Gasteiger partial charge in [-0.15, -0.1) is 0 Å². The lowest BCUT2D eigenvalue weighted by Crippen LogP contribution is -2.15. The van der Waals surface area contributed by atoms with E-state index in [1.54, 1.807) is 0 Å². The monoisotopic (exact) mass is 564 g/mol. The highest BCUT2D eigenvalue weighted by Crippen LogP contribution is 2.51. The minimum Gasteiger partial charge on any atom is -0.460 e. The standard InChI is InChI=1S/C43H32O/c1-43(2)39-24-22-31(33-13-7-10-28-9-3-4-11-32(28)33)25-38(39)35-23-21-30(26-40(35)43)27-17-19-29(20-18-27)34-14-8-15-37-36-12-5-6-16-41(36)44-42(34)37/h3-14,16-26,37H,15H2,1-2H3. The van der Waals surface area contributed by atoms with E-state index in [0.29, 0.717) is 5.92 Å². The van der Waals surface area contributed by atoms with Crippen LogP contribution >= 0.6 is 0 Å². The van der Waals surface area contributed by atoms with Gasteiger partial charge in [-0.3, -0.25) is 0 Å². The van der Waals surface area contributed by atoms with Gasteiger partial charge in [0.25, 0.3) is 0 Å². The molecular formula is C43H32O. The molecule has 0 amide bonds. The van der Waals surface area contributed by atoms with Crippen molar-refractivity contribution in [2.45, 2.75) is 31.6 Å². The molecule has 1 atom stereocenters. The van der Waals surface area contributed by atoms with Crippen LogP contribution in [-0.2, 0) is 5.41 Å². The second kappa shape index (κ2) is 9.43. The molecule has 0 spiro atoms. The van der Waals surface area contributed by atoms with E-state index in [9.17, 15) is 0 Å². The Morgan fingerprint density at radius 3 is 2.25 bits per heavy atom. The minimum absolute atomic E-state index is 0.0683. The van der Waals surface area contributed by atoms with Gasteiger partial charge in [0.15, 0.2) is 0 Å². The number of allylic oxidation sites excluding steroid dienone is 4. The molecule has 1 unspecified atom stereocenters. The van der Waals surface area contributed by atoms with Crippen LogP contribution in [0.15, 0.2) is 145 Å². The Hall–Kier alpha value is -5.14. The third-order valence-electron chi connectivity index (χ3n) is 10.1. The zero-order chi connectivity index (χ0) is 29.4. The Labute approximate surface area is 258 Å². The highest BCUT2D eigenvalue weighted by Gasteiger charge is 2.36. The van der Waals surface area contributed by atoms with Gasteiger partial charge >= 0.3 is 0 Å². The molecule has 3 aliphatic rings. The molecule has 6 aromatic carbocycles. The van der Waals surface area contributed by atoms with E-state index in [0.717, 1.165) is 17.9 Å². The first kappa shape index (κ1) is 25.4. The molecule has 44 heavy (non-hydrogen) atoms. The van der Waals surface area contributed by atoms with E-state index in [-0.39, 0.29) is 5.41 Å². The molecule has 1 heterocycles. The van der Waals surface area contributed by atoms with Gasteiger partial charge in [-0.2, -0.15) is 0 Å². The summed E-state index contributed by atoms with van der Waals surface area (Å²) in [5.74, 6) is 2.39. The van der Waals surface area contributed by atoms with Crippen LogP contribution in [0.1, 0.15) is 48.4 Å². The summed E-state index contributed by atoms with van der Waals surface area (Å²) in [5.41, 5.74) is 14.2. The second-order valence-electron chi connectivity index (χ2n) is 12.9. The number of hydrogen-bond donors (Lipinski definition) is 0. The van der Waals surface area contributed by atoms with Gasteiger partial charge < -0.3 is 4.74 Å². The largest absolute Gasteiger partial charge is 0.460 e. The van der Waals surface area contributed by atoms with Crippen LogP contribution in [0.4, 0.5) is 0 Å². The van der Waals surface area contributed by atoms with E-state index in [2.05, 4.69) is 153 Å². The number of para-hydroxylation sites is 1. The molecule has 9 rings (SSSR count). The molecule has 210 valence electrons. The summed E-state index contributed by atoms with van der Waals surface area (Å²) in [6.07, 6.45) is 5.51. The zero-order valence-electron chi connectivity index (χ0n) is 25.0. The van der Waals surface area contributed by atoms with E-state index in [1.807, 2.05) is 0 Å². The van der Waals surface area contributed by atoms with Gasteiger partial charge in [0.05, 0.1) is 0 Å². The molecule has 2 aliphatic carbocycles. The number of ether oxygens (including phenoxy) is 1. The van der Waals surface area contributed by atoms with Gasteiger partial charge in [0, 0.05) is 22.5 Å². The Kier molecular flexibility index (Phi) is 5.44. The number of rotatable bonds is 3.